The molecule has 0 fully saturated rings. The van der Waals surface area contributed by atoms with Crippen molar-refractivity contribution >= 4 is 28.8 Å². The second kappa shape index (κ2) is 4.68. The van der Waals surface area contributed by atoms with E-state index in [4.69, 9.17) is 34.3 Å². The maximum absolute atomic E-state index is 6.00. The van der Waals surface area contributed by atoms with Crippen molar-refractivity contribution in [1.82, 2.24) is 14.8 Å². The maximum atomic E-state index is 6.00. The number of hydrogen-bond acceptors (Lipinski definition) is 4. The van der Waals surface area contributed by atoms with Crippen LogP contribution in [0.4, 0.5) is 0 Å². The molecule has 0 saturated carbocycles. The third-order valence-electron chi connectivity index (χ3n) is 2.00. The number of nitrogens with two attached hydrogens (primary N) is 1. The van der Waals surface area contributed by atoms with Crippen molar-refractivity contribution < 1.29 is 4.74 Å². The van der Waals surface area contributed by atoms with Gasteiger partial charge in [-0.1, -0.05) is 29.9 Å². The van der Waals surface area contributed by atoms with Gasteiger partial charge in [-0.2, -0.15) is 4.98 Å². The zero-order chi connectivity index (χ0) is 12.4. The second-order valence-electron chi connectivity index (χ2n) is 3.28. The van der Waals surface area contributed by atoms with Gasteiger partial charge in [-0.25, -0.2) is 0 Å². The summed E-state index contributed by atoms with van der Waals surface area (Å²) in [5, 5.41) is 4.43. The van der Waals surface area contributed by atoms with Crippen molar-refractivity contribution in [1.29, 1.82) is 0 Å². The molecule has 0 saturated heterocycles. The van der Waals surface area contributed by atoms with Crippen LogP contribution in [-0.4, -0.2) is 19.8 Å². The highest BCUT2D eigenvalue weighted by Crippen LogP contribution is 2.28. The highest BCUT2D eigenvalue weighted by molar-refractivity contribution is 7.80. The molecule has 1 aromatic carbocycles. The molecule has 0 unspecified atom stereocenters. The van der Waals surface area contributed by atoms with E-state index in [2.05, 4.69) is 10.1 Å². The molecule has 0 spiro atoms. The van der Waals surface area contributed by atoms with Crippen LogP contribution >= 0.6 is 23.8 Å². The fraction of sp³-hybridized carbons (Fsp3) is 0.100. The number of benzene rings is 1. The quantitative estimate of drug-likeness (QED) is 0.861. The van der Waals surface area contributed by atoms with Crippen molar-refractivity contribution in [3.8, 4) is 11.8 Å². The molecule has 0 aliphatic rings. The Morgan fingerprint density at radius 3 is 2.88 bits per heavy atom. The lowest BCUT2D eigenvalue weighted by molar-refractivity contribution is 0.438. The van der Waals surface area contributed by atoms with E-state index in [-0.39, 0.29) is 11.0 Å². The molecule has 0 amide bonds. The smallest absolute Gasteiger partial charge is 0.341 e. The zero-order valence-corrected chi connectivity index (χ0v) is 10.5. The molecule has 17 heavy (non-hydrogen) atoms. The van der Waals surface area contributed by atoms with Crippen LogP contribution in [0.25, 0.3) is 0 Å². The van der Waals surface area contributed by atoms with E-state index >= 15 is 0 Å². The summed E-state index contributed by atoms with van der Waals surface area (Å²) in [5.41, 5.74) is 6.08. The molecule has 1 aromatic heterocycles. The molecule has 0 aliphatic carbocycles. The van der Waals surface area contributed by atoms with E-state index in [1.54, 1.807) is 25.2 Å². The van der Waals surface area contributed by atoms with Gasteiger partial charge < -0.3 is 10.5 Å². The molecule has 2 rings (SSSR count). The summed E-state index contributed by atoms with van der Waals surface area (Å²) >= 11 is 10.9. The second-order valence-corrected chi connectivity index (χ2v) is 4.13. The first-order chi connectivity index (χ1) is 8.08. The first-order valence-electron chi connectivity index (χ1n) is 4.69. The Kier molecular flexibility index (Phi) is 3.26. The Bertz CT molecular complexity index is 569. The highest BCUT2D eigenvalue weighted by atomic mass is 35.5. The summed E-state index contributed by atoms with van der Waals surface area (Å²) in [5.74, 6) is 0.441. The monoisotopic (exact) mass is 268 g/mol. The lowest BCUT2D eigenvalue weighted by Gasteiger charge is -2.08. The van der Waals surface area contributed by atoms with Crippen LogP contribution in [0.3, 0.4) is 0 Å². The molecule has 2 aromatic rings. The molecule has 7 heteroatoms. The Balaban J connectivity index is 2.39. The number of ether oxygens (including phenoxy) is 1. The van der Waals surface area contributed by atoms with E-state index in [1.807, 2.05) is 0 Å². The summed E-state index contributed by atoms with van der Waals surface area (Å²) in [7, 11) is 1.74. The predicted molar refractivity (Wildman–Crippen MR) is 68.4 cm³/mol. The van der Waals surface area contributed by atoms with Gasteiger partial charge in [-0.15, -0.1) is 5.10 Å². The molecule has 0 radical (unpaired) electrons. The van der Waals surface area contributed by atoms with Crippen LogP contribution in [0.15, 0.2) is 24.5 Å². The zero-order valence-electron chi connectivity index (χ0n) is 8.92. The van der Waals surface area contributed by atoms with E-state index < -0.39 is 0 Å². The molecule has 2 N–H and O–H groups in total. The van der Waals surface area contributed by atoms with Gasteiger partial charge in [0.2, 0.25) is 0 Å². The van der Waals surface area contributed by atoms with E-state index in [1.165, 1.54) is 11.0 Å². The predicted octanol–water partition coefficient (Wildman–Crippen LogP) is 1.89. The van der Waals surface area contributed by atoms with Gasteiger partial charge in [0, 0.05) is 7.05 Å². The van der Waals surface area contributed by atoms with E-state index in [0.717, 1.165) is 0 Å². The Morgan fingerprint density at radius 1 is 1.53 bits per heavy atom. The molecule has 5 nitrogen and oxygen atoms in total. The van der Waals surface area contributed by atoms with Gasteiger partial charge in [0.15, 0.2) is 0 Å². The van der Waals surface area contributed by atoms with Gasteiger partial charge in [-0.3, -0.25) is 4.68 Å². The van der Waals surface area contributed by atoms with Crippen LogP contribution in [-0.2, 0) is 7.05 Å². The van der Waals surface area contributed by atoms with Crippen LogP contribution in [0.5, 0.6) is 11.8 Å². The van der Waals surface area contributed by atoms with Crippen LogP contribution in [0.2, 0.25) is 5.02 Å². The summed E-state index contributed by atoms with van der Waals surface area (Å²) < 4.78 is 7.01. The van der Waals surface area contributed by atoms with Crippen molar-refractivity contribution in [2.24, 2.45) is 12.8 Å². The Morgan fingerprint density at radius 2 is 2.29 bits per heavy atom. The van der Waals surface area contributed by atoms with Gasteiger partial charge >= 0.3 is 6.01 Å². The standard InChI is InChI=1S/C10H9ClN4OS/c1-15-5-13-10(14-15)16-7-4-2-3-6(11)8(7)9(12)17/h2-5H,1H3,(H2,12,17). The number of thiocarbonyl (C=S) groups is 1. The number of hydrogen-bond donors (Lipinski definition) is 1. The van der Waals surface area contributed by atoms with Crippen molar-refractivity contribution in [3.05, 3.63) is 35.1 Å². The first kappa shape index (κ1) is 11.8. The van der Waals surface area contributed by atoms with Gasteiger partial charge in [-0.05, 0) is 12.1 Å². The number of rotatable bonds is 3. The fourth-order valence-corrected chi connectivity index (χ4v) is 1.83. The summed E-state index contributed by atoms with van der Waals surface area (Å²) in [6.45, 7) is 0. The Hall–Kier alpha value is -1.66. The topological polar surface area (TPSA) is 66.0 Å². The number of aromatic nitrogens is 3. The Labute approximate surface area is 108 Å². The molecular weight excluding hydrogens is 260 g/mol. The van der Waals surface area contributed by atoms with Gasteiger partial charge in [0.05, 0.1) is 10.6 Å². The molecule has 88 valence electrons. The average Bonchev–Trinajstić information content (AvgIpc) is 2.63. The minimum atomic E-state index is 0.168. The maximum Gasteiger partial charge on any atom is 0.341 e. The molecule has 0 aliphatic heterocycles. The third kappa shape index (κ3) is 2.54. The first-order valence-corrected chi connectivity index (χ1v) is 5.48. The SMILES string of the molecule is Cn1cnc(Oc2cccc(Cl)c2C(N)=S)n1. The van der Waals surface area contributed by atoms with Crippen molar-refractivity contribution in [2.75, 3.05) is 0 Å². The summed E-state index contributed by atoms with van der Waals surface area (Å²) in [6.07, 6.45) is 1.53. The fourth-order valence-electron chi connectivity index (χ4n) is 1.29. The lowest BCUT2D eigenvalue weighted by atomic mass is 10.2. The van der Waals surface area contributed by atoms with Crippen LogP contribution < -0.4 is 10.5 Å². The molecule has 1 heterocycles. The third-order valence-corrected chi connectivity index (χ3v) is 2.52. The van der Waals surface area contributed by atoms with E-state index in [0.29, 0.717) is 16.3 Å². The number of nitrogens with zero attached hydrogens (tertiary/aromatic N) is 3. The van der Waals surface area contributed by atoms with Gasteiger partial charge in [0.25, 0.3) is 0 Å². The minimum absolute atomic E-state index is 0.168. The molecular formula is C10H9ClN4OS. The van der Waals surface area contributed by atoms with Gasteiger partial charge in [0.1, 0.15) is 17.1 Å². The van der Waals surface area contributed by atoms with Crippen molar-refractivity contribution in [2.45, 2.75) is 0 Å². The van der Waals surface area contributed by atoms with Crippen molar-refractivity contribution in [3.63, 3.8) is 0 Å². The number of aryl methyl sites for hydroxylation is 1. The number of halogens is 1. The minimum Gasteiger partial charge on any atom is -0.422 e. The molecule has 0 bridgehead atoms. The van der Waals surface area contributed by atoms with Crippen LogP contribution in [0, 0.1) is 0 Å². The summed E-state index contributed by atoms with van der Waals surface area (Å²) in [6, 6.07) is 5.35. The molecule has 0 atom stereocenters. The normalized spacial score (nSPS) is 10.2. The largest absolute Gasteiger partial charge is 0.422 e. The average molecular weight is 269 g/mol. The van der Waals surface area contributed by atoms with E-state index in [9.17, 15) is 0 Å². The summed E-state index contributed by atoms with van der Waals surface area (Å²) in [4.78, 5) is 4.11. The lowest BCUT2D eigenvalue weighted by Crippen LogP contribution is -2.11. The highest BCUT2D eigenvalue weighted by Gasteiger charge is 2.13. The van der Waals surface area contributed by atoms with Crippen LogP contribution in [0.1, 0.15) is 5.56 Å².